The topological polar surface area (TPSA) is 83.5 Å². The Bertz CT molecular complexity index is 600. The normalized spacial score (nSPS) is 14.9. The zero-order valence-corrected chi connectivity index (χ0v) is 12.5. The molecule has 1 unspecified atom stereocenters. The lowest BCUT2D eigenvalue weighted by Crippen LogP contribution is -2.51. The molecule has 0 saturated carbocycles. The molecule has 0 aliphatic carbocycles. The van der Waals surface area contributed by atoms with Gasteiger partial charge in [0.1, 0.15) is 5.54 Å². The van der Waals surface area contributed by atoms with Gasteiger partial charge in [0.2, 0.25) is 10.0 Å². The molecule has 0 saturated heterocycles. The molecular formula is C12H16ClNO4S. The maximum Gasteiger partial charge on any atom is 0.324 e. The molecule has 1 atom stereocenters. The van der Waals surface area contributed by atoms with Crippen LogP contribution in [0.3, 0.4) is 0 Å². The monoisotopic (exact) mass is 305 g/mol. The largest absolute Gasteiger partial charge is 0.480 e. The van der Waals surface area contributed by atoms with Crippen LogP contribution in [-0.4, -0.2) is 25.0 Å². The van der Waals surface area contributed by atoms with Gasteiger partial charge in [-0.1, -0.05) is 18.5 Å². The number of rotatable bonds is 5. The Morgan fingerprint density at radius 3 is 2.47 bits per heavy atom. The summed E-state index contributed by atoms with van der Waals surface area (Å²) in [6.45, 7) is 4.54. The third-order valence-electron chi connectivity index (χ3n) is 2.97. The standard InChI is InChI=1S/C12H16ClNO4S/c1-4-12(3,11(15)16)14-19(17,18)10-6-5-9(13)7-8(10)2/h5-7,14H,4H2,1-3H3,(H,15,16). The fraction of sp³-hybridized carbons (Fsp3) is 0.417. The predicted octanol–water partition coefficient (Wildman–Crippen LogP) is 2.18. The molecule has 0 aromatic heterocycles. The molecule has 7 heteroatoms. The number of carboxylic acids is 1. The molecule has 19 heavy (non-hydrogen) atoms. The van der Waals surface area contributed by atoms with Crippen LogP contribution in [0.15, 0.2) is 23.1 Å². The Morgan fingerprint density at radius 2 is 2.05 bits per heavy atom. The van der Waals surface area contributed by atoms with Crippen LogP contribution in [0.5, 0.6) is 0 Å². The highest BCUT2D eigenvalue weighted by atomic mass is 35.5. The molecule has 0 heterocycles. The summed E-state index contributed by atoms with van der Waals surface area (Å²) >= 11 is 5.77. The maximum absolute atomic E-state index is 12.2. The molecule has 2 N–H and O–H groups in total. The van der Waals surface area contributed by atoms with Crippen LogP contribution in [-0.2, 0) is 14.8 Å². The third-order valence-corrected chi connectivity index (χ3v) is 4.96. The molecule has 0 bridgehead atoms. The van der Waals surface area contributed by atoms with Crippen molar-refractivity contribution in [2.45, 2.75) is 37.6 Å². The summed E-state index contributed by atoms with van der Waals surface area (Å²) in [5.74, 6) is -1.22. The maximum atomic E-state index is 12.2. The summed E-state index contributed by atoms with van der Waals surface area (Å²) in [6, 6.07) is 4.32. The minimum atomic E-state index is -3.91. The van der Waals surface area contributed by atoms with E-state index in [1.807, 2.05) is 0 Å². The summed E-state index contributed by atoms with van der Waals surface area (Å²) in [4.78, 5) is 11.2. The summed E-state index contributed by atoms with van der Waals surface area (Å²) in [7, 11) is -3.91. The van der Waals surface area contributed by atoms with Crippen LogP contribution in [0, 0.1) is 6.92 Å². The van der Waals surface area contributed by atoms with Gasteiger partial charge in [-0.25, -0.2) is 8.42 Å². The Hall–Kier alpha value is -1.11. The third kappa shape index (κ3) is 3.46. The first-order valence-corrected chi connectivity index (χ1v) is 7.52. The fourth-order valence-electron chi connectivity index (χ4n) is 1.53. The molecule has 0 amide bonds. The van der Waals surface area contributed by atoms with Crippen LogP contribution < -0.4 is 4.72 Å². The van der Waals surface area contributed by atoms with Gasteiger partial charge in [0.05, 0.1) is 4.90 Å². The minimum absolute atomic E-state index is 0.0258. The number of sulfonamides is 1. The van der Waals surface area contributed by atoms with Crippen LogP contribution in [0.25, 0.3) is 0 Å². The number of aliphatic carboxylic acids is 1. The first-order valence-electron chi connectivity index (χ1n) is 5.66. The van der Waals surface area contributed by atoms with E-state index in [0.29, 0.717) is 10.6 Å². The van der Waals surface area contributed by atoms with Gasteiger partial charge in [-0.2, -0.15) is 4.72 Å². The lowest BCUT2D eigenvalue weighted by Gasteiger charge is -2.24. The lowest BCUT2D eigenvalue weighted by atomic mass is 10.0. The molecule has 0 fully saturated rings. The highest BCUT2D eigenvalue weighted by molar-refractivity contribution is 7.89. The van der Waals surface area contributed by atoms with Crippen molar-refractivity contribution in [3.63, 3.8) is 0 Å². The van der Waals surface area contributed by atoms with E-state index >= 15 is 0 Å². The van der Waals surface area contributed by atoms with Crippen molar-refractivity contribution < 1.29 is 18.3 Å². The van der Waals surface area contributed by atoms with E-state index in [1.54, 1.807) is 13.8 Å². The summed E-state index contributed by atoms with van der Waals surface area (Å²) < 4.78 is 26.7. The van der Waals surface area contributed by atoms with Gasteiger partial charge in [0.15, 0.2) is 0 Å². The van der Waals surface area contributed by atoms with Crippen molar-refractivity contribution in [3.8, 4) is 0 Å². The van der Waals surface area contributed by atoms with Crippen LogP contribution in [0.4, 0.5) is 0 Å². The summed E-state index contributed by atoms with van der Waals surface area (Å²) in [5, 5.41) is 9.53. The average molecular weight is 306 g/mol. The van der Waals surface area contributed by atoms with Gasteiger partial charge >= 0.3 is 5.97 Å². The second-order valence-electron chi connectivity index (χ2n) is 4.51. The van der Waals surface area contributed by atoms with Crippen molar-refractivity contribution in [1.29, 1.82) is 0 Å². The number of carbonyl (C=O) groups is 1. The fourth-order valence-corrected chi connectivity index (χ4v) is 3.42. The van der Waals surface area contributed by atoms with Crippen LogP contribution in [0.2, 0.25) is 5.02 Å². The highest BCUT2D eigenvalue weighted by Crippen LogP contribution is 2.22. The smallest absolute Gasteiger partial charge is 0.324 e. The first kappa shape index (κ1) is 15.9. The second kappa shape index (κ2) is 5.48. The van der Waals surface area contributed by atoms with Crippen molar-refractivity contribution in [3.05, 3.63) is 28.8 Å². The van der Waals surface area contributed by atoms with Crippen molar-refractivity contribution >= 4 is 27.6 Å². The molecule has 0 aliphatic heterocycles. The van der Waals surface area contributed by atoms with Crippen molar-refractivity contribution in [2.75, 3.05) is 0 Å². The highest BCUT2D eigenvalue weighted by Gasteiger charge is 2.36. The molecule has 1 aromatic carbocycles. The van der Waals surface area contributed by atoms with E-state index in [-0.39, 0.29) is 11.3 Å². The SMILES string of the molecule is CCC(C)(NS(=O)(=O)c1ccc(Cl)cc1C)C(=O)O. The van der Waals surface area contributed by atoms with E-state index < -0.39 is 21.5 Å². The predicted molar refractivity (Wildman–Crippen MR) is 72.8 cm³/mol. The zero-order chi connectivity index (χ0) is 14.8. The van der Waals surface area contributed by atoms with Crippen LogP contribution >= 0.6 is 11.6 Å². The van der Waals surface area contributed by atoms with E-state index in [0.717, 1.165) is 0 Å². The molecule has 0 aliphatic rings. The lowest BCUT2D eigenvalue weighted by molar-refractivity contribution is -0.143. The van der Waals surface area contributed by atoms with Gasteiger partial charge in [0, 0.05) is 5.02 Å². The van der Waals surface area contributed by atoms with Gasteiger partial charge in [-0.05, 0) is 44.0 Å². The van der Waals surface area contributed by atoms with E-state index in [9.17, 15) is 13.2 Å². The van der Waals surface area contributed by atoms with E-state index in [2.05, 4.69) is 4.72 Å². The summed E-state index contributed by atoms with van der Waals surface area (Å²) in [6.07, 6.45) is 0.133. The molecule has 1 aromatic rings. The van der Waals surface area contributed by atoms with E-state index in [1.165, 1.54) is 25.1 Å². The molecular weight excluding hydrogens is 290 g/mol. The Labute approximate surface area is 117 Å². The van der Waals surface area contributed by atoms with Gasteiger partial charge < -0.3 is 5.11 Å². The molecule has 106 valence electrons. The van der Waals surface area contributed by atoms with Crippen LogP contribution in [0.1, 0.15) is 25.8 Å². The second-order valence-corrected chi connectivity index (χ2v) is 6.59. The van der Waals surface area contributed by atoms with Gasteiger partial charge in [0.25, 0.3) is 0 Å². The average Bonchev–Trinajstić information content (AvgIpc) is 2.27. The number of hydrogen-bond donors (Lipinski definition) is 2. The Morgan fingerprint density at radius 1 is 1.47 bits per heavy atom. The summed E-state index contributed by atoms with van der Waals surface area (Å²) in [5.41, 5.74) is -1.07. The Kier molecular flexibility index (Phi) is 4.60. The molecule has 0 radical (unpaired) electrons. The van der Waals surface area contributed by atoms with Gasteiger partial charge in [-0.3, -0.25) is 4.79 Å². The number of benzene rings is 1. The molecule has 0 spiro atoms. The quantitative estimate of drug-likeness (QED) is 0.873. The van der Waals surface area contributed by atoms with Crippen molar-refractivity contribution in [2.24, 2.45) is 0 Å². The molecule has 1 rings (SSSR count). The minimum Gasteiger partial charge on any atom is -0.480 e. The molecule has 5 nitrogen and oxygen atoms in total. The Balaban J connectivity index is 3.22. The zero-order valence-electron chi connectivity index (χ0n) is 10.9. The van der Waals surface area contributed by atoms with Gasteiger partial charge in [-0.15, -0.1) is 0 Å². The number of hydrogen-bond acceptors (Lipinski definition) is 3. The number of nitrogens with one attached hydrogen (secondary N) is 1. The number of halogens is 1. The number of carboxylic acid groups (broad SMARTS) is 1. The van der Waals surface area contributed by atoms with Crippen molar-refractivity contribution in [1.82, 2.24) is 4.72 Å². The number of aryl methyl sites for hydroxylation is 1. The van der Waals surface area contributed by atoms with E-state index in [4.69, 9.17) is 16.7 Å². The first-order chi connectivity index (χ1) is 8.62.